The topological polar surface area (TPSA) is 70.7 Å². The van der Waals surface area contributed by atoms with Crippen LogP contribution in [0.5, 0.6) is 5.75 Å². The summed E-state index contributed by atoms with van der Waals surface area (Å²) in [6, 6.07) is 22.3. The van der Waals surface area contributed by atoms with Crippen molar-refractivity contribution in [2.45, 2.75) is 0 Å². The van der Waals surface area contributed by atoms with Gasteiger partial charge in [-0.05, 0) is 46.5 Å². The molecule has 0 amide bonds. The van der Waals surface area contributed by atoms with Crippen LogP contribution in [-0.4, -0.2) is 16.2 Å². The molecular weight excluding hydrogens is 316 g/mol. The number of carboxylic acids is 1. The van der Waals surface area contributed by atoms with E-state index in [4.69, 9.17) is 9.52 Å². The van der Waals surface area contributed by atoms with Crippen LogP contribution in [0.3, 0.4) is 0 Å². The standard InChI is InChI=1S/C21H14O4/c22-18-9-7-14(8-10-18)13-1-3-15(4-2-13)16-5-6-17-12-20(21(23)24)25-19(17)11-16/h1-12,22H,(H,23,24). The van der Waals surface area contributed by atoms with E-state index in [9.17, 15) is 9.90 Å². The highest BCUT2D eigenvalue weighted by Gasteiger charge is 2.11. The molecule has 4 nitrogen and oxygen atoms in total. The van der Waals surface area contributed by atoms with Crippen molar-refractivity contribution in [1.29, 1.82) is 0 Å². The molecule has 0 atom stereocenters. The average Bonchev–Trinajstić information content (AvgIpc) is 3.06. The molecule has 25 heavy (non-hydrogen) atoms. The van der Waals surface area contributed by atoms with Crippen molar-refractivity contribution in [1.82, 2.24) is 0 Å². The Morgan fingerprint density at radius 2 is 1.24 bits per heavy atom. The van der Waals surface area contributed by atoms with Gasteiger partial charge in [0.05, 0.1) is 0 Å². The molecule has 1 aromatic heterocycles. The highest BCUT2D eigenvalue weighted by molar-refractivity contribution is 5.92. The molecule has 122 valence electrons. The fourth-order valence-electron chi connectivity index (χ4n) is 2.83. The number of phenols is 1. The molecule has 0 aliphatic heterocycles. The van der Waals surface area contributed by atoms with Crippen LogP contribution < -0.4 is 0 Å². The second kappa shape index (κ2) is 5.83. The Bertz CT molecular complexity index is 1060. The van der Waals surface area contributed by atoms with E-state index in [1.807, 2.05) is 54.6 Å². The minimum Gasteiger partial charge on any atom is -0.508 e. The fraction of sp³-hybridized carbons (Fsp3) is 0. The fourth-order valence-corrected chi connectivity index (χ4v) is 2.83. The second-order valence-corrected chi connectivity index (χ2v) is 5.79. The quantitative estimate of drug-likeness (QED) is 0.543. The van der Waals surface area contributed by atoms with Crippen LogP contribution in [-0.2, 0) is 0 Å². The van der Waals surface area contributed by atoms with Gasteiger partial charge in [-0.15, -0.1) is 0 Å². The van der Waals surface area contributed by atoms with Crippen molar-refractivity contribution >= 4 is 16.9 Å². The molecule has 0 aliphatic carbocycles. The molecule has 0 radical (unpaired) electrons. The van der Waals surface area contributed by atoms with Gasteiger partial charge in [0, 0.05) is 5.39 Å². The lowest BCUT2D eigenvalue weighted by atomic mass is 10.00. The Balaban J connectivity index is 1.68. The zero-order valence-electron chi connectivity index (χ0n) is 13.1. The number of hydrogen-bond acceptors (Lipinski definition) is 3. The van der Waals surface area contributed by atoms with Gasteiger partial charge < -0.3 is 14.6 Å². The van der Waals surface area contributed by atoms with Gasteiger partial charge in [-0.2, -0.15) is 0 Å². The lowest BCUT2D eigenvalue weighted by Gasteiger charge is -2.05. The lowest BCUT2D eigenvalue weighted by Crippen LogP contribution is -1.91. The predicted octanol–water partition coefficient (Wildman–Crippen LogP) is 5.17. The van der Waals surface area contributed by atoms with Crippen molar-refractivity contribution in [2.24, 2.45) is 0 Å². The summed E-state index contributed by atoms with van der Waals surface area (Å²) in [4.78, 5) is 11.0. The van der Waals surface area contributed by atoms with Crippen molar-refractivity contribution in [2.75, 3.05) is 0 Å². The number of benzene rings is 3. The number of carboxylic acid groups (broad SMARTS) is 1. The van der Waals surface area contributed by atoms with Gasteiger partial charge in [-0.25, -0.2) is 4.79 Å². The average molecular weight is 330 g/mol. The van der Waals surface area contributed by atoms with Crippen LogP contribution in [0.2, 0.25) is 0 Å². The molecule has 4 aromatic rings. The van der Waals surface area contributed by atoms with E-state index >= 15 is 0 Å². The molecule has 0 fully saturated rings. The molecule has 0 spiro atoms. The summed E-state index contributed by atoms with van der Waals surface area (Å²) in [7, 11) is 0. The maximum absolute atomic E-state index is 11.0. The highest BCUT2D eigenvalue weighted by Crippen LogP contribution is 2.29. The number of phenolic OH excluding ortho intramolecular Hbond substituents is 1. The zero-order valence-corrected chi connectivity index (χ0v) is 13.1. The first kappa shape index (κ1) is 15.0. The van der Waals surface area contributed by atoms with E-state index in [0.29, 0.717) is 5.58 Å². The molecule has 2 N–H and O–H groups in total. The van der Waals surface area contributed by atoms with Gasteiger partial charge in [0.25, 0.3) is 0 Å². The maximum atomic E-state index is 11.0. The van der Waals surface area contributed by atoms with Crippen molar-refractivity contribution < 1.29 is 19.4 Å². The van der Waals surface area contributed by atoms with Crippen LogP contribution in [0.4, 0.5) is 0 Å². The number of furan rings is 1. The summed E-state index contributed by atoms with van der Waals surface area (Å²) < 4.78 is 5.37. The van der Waals surface area contributed by atoms with Gasteiger partial charge in [-0.3, -0.25) is 0 Å². The molecule has 0 unspecified atom stereocenters. The third-order valence-electron chi connectivity index (χ3n) is 4.15. The van der Waals surface area contributed by atoms with Crippen molar-refractivity contribution in [3.63, 3.8) is 0 Å². The van der Waals surface area contributed by atoms with Gasteiger partial charge in [-0.1, -0.05) is 48.5 Å². The Kier molecular flexibility index (Phi) is 3.51. The van der Waals surface area contributed by atoms with Crippen LogP contribution >= 0.6 is 0 Å². The van der Waals surface area contributed by atoms with Crippen molar-refractivity contribution in [3.05, 3.63) is 78.6 Å². The van der Waals surface area contributed by atoms with Crippen LogP contribution in [0.25, 0.3) is 33.2 Å². The molecular formula is C21H14O4. The molecule has 0 bridgehead atoms. The minimum atomic E-state index is -1.07. The Morgan fingerprint density at radius 3 is 1.84 bits per heavy atom. The first-order valence-corrected chi connectivity index (χ1v) is 7.77. The Labute approximate surface area is 143 Å². The normalized spacial score (nSPS) is 10.9. The zero-order chi connectivity index (χ0) is 17.4. The number of aromatic hydroxyl groups is 1. The summed E-state index contributed by atoms with van der Waals surface area (Å²) >= 11 is 0. The van der Waals surface area contributed by atoms with Crippen LogP contribution in [0.1, 0.15) is 10.6 Å². The first-order chi connectivity index (χ1) is 12.1. The van der Waals surface area contributed by atoms with Gasteiger partial charge in [0.15, 0.2) is 0 Å². The number of carbonyl (C=O) groups is 1. The number of rotatable bonds is 3. The minimum absolute atomic E-state index is 0.0603. The van der Waals surface area contributed by atoms with Crippen LogP contribution in [0, 0.1) is 0 Å². The third-order valence-corrected chi connectivity index (χ3v) is 4.15. The van der Waals surface area contributed by atoms with E-state index in [1.54, 1.807) is 12.1 Å². The van der Waals surface area contributed by atoms with E-state index in [1.165, 1.54) is 6.07 Å². The molecule has 4 heteroatoms. The summed E-state index contributed by atoms with van der Waals surface area (Å²) in [5.74, 6) is -0.890. The molecule has 3 aromatic carbocycles. The number of hydrogen-bond donors (Lipinski definition) is 2. The van der Waals surface area contributed by atoms with Crippen LogP contribution in [0.15, 0.2) is 77.2 Å². The van der Waals surface area contributed by atoms with Gasteiger partial charge >= 0.3 is 5.97 Å². The maximum Gasteiger partial charge on any atom is 0.371 e. The monoisotopic (exact) mass is 330 g/mol. The summed E-state index contributed by atoms with van der Waals surface area (Å²) in [5.41, 5.74) is 4.60. The van der Waals surface area contributed by atoms with Gasteiger partial charge in [0.2, 0.25) is 5.76 Å². The first-order valence-electron chi connectivity index (χ1n) is 7.77. The summed E-state index contributed by atoms with van der Waals surface area (Å²) in [5, 5.41) is 19.2. The predicted molar refractivity (Wildman–Crippen MR) is 95.7 cm³/mol. The molecule has 4 rings (SSSR count). The van der Waals surface area contributed by atoms with E-state index in [-0.39, 0.29) is 11.5 Å². The van der Waals surface area contributed by atoms with Gasteiger partial charge in [0.1, 0.15) is 11.3 Å². The molecule has 0 aliphatic rings. The third kappa shape index (κ3) is 2.85. The second-order valence-electron chi connectivity index (χ2n) is 5.79. The van der Waals surface area contributed by atoms with E-state index in [2.05, 4.69) is 0 Å². The van der Waals surface area contributed by atoms with Crippen molar-refractivity contribution in [3.8, 4) is 28.0 Å². The number of aromatic carboxylic acids is 1. The highest BCUT2D eigenvalue weighted by atomic mass is 16.4. The Hall–Kier alpha value is -3.53. The molecule has 0 saturated carbocycles. The summed E-state index contributed by atoms with van der Waals surface area (Å²) in [6.45, 7) is 0. The molecule has 1 heterocycles. The molecule has 0 saturated heterocycles. The van der Waals surface area contributed by atoms with E-state index in [0.717, 1.165) is 27.6 Å². The Morgan fingerprint density at radius 1 is 0.720 bits per heavy atom. The smallest absolute Gasteiger partial charge is 0.371 e. The van der Waals surface area contributed by atoms with E-state index < -0.39 is 5.97 Å². The largest absolute Gasteiger partial charge is 0.508 e. The SMILES string of the molecule is O=C(O)c1cc2ccc(-c3ccc(-c4ccc(O)cc4)cc3)cc2o1. The summed E-state index contributed by atoms with van der Waals surface area (Å²) in [6.07, 6.45) is 0. The number of fused-ring (bicyclic) bond motifs is 1. The lowest BCUT2D eigenvalue weighted by molar-refractivity contribution is 0.0665.